The van der Waals surface area contributed by atoms with Crippen molar-refractivity contribution in [2.75, 3.05) is 24.8 Å². The third-order valence-corrected chi connectivity index (χ3v) is 5.21. The number of nitrogens with two attached hydrogens (primary N) is 1. The van der Waals surface area contributed by atoms with Crippen LogP contribution in [-0.4, -0.2) is 25.9 Å². The molecule has 0 aliphatic carbocycles. The van der Waals surface area contributed by atoms with E-state index >= 15 is 0 Å². The van der Waals surface area contributed by atoms with E-state index in [1.165, 1.54) is 16.7 Å². The molecule has 4 heteroatoms. The summed E-state index contributed by atoms with van der Waals surface area (Å²) in [6, 6.07) is 13.1. The molecule has 2 aliphatic heterocycles. The molecule has 0 saturated carbocycles. The molecule has 0 amide bonds. The van der Waals surface area contributed by atoms with Gasteiger partial charge in [0, 0.05) is 36.8 Å². The second kappa shape index (κ2) is 6.02. The van der Waals surface area contributed by atoms with Gasteiger partial charge in [0.25, 0.3) is 0 Å². The van der Waals surface area contributed by atoms with Gasteiger partial charge in [0.1, 0.15) is 0 Å². The summed E-state index contributed by atoms with van der Waals surface area (Å²) >= 11 is 0. The van der Waals surface area contributed by atoms with E-state index in [2.05, 4.69) is 49.1 Å². The Balaban J connectivity index is 1.59. The molecule has 4 rings (SSSR count). The number of piperidine rings is 1. The van der Waals surface area contributed by atoms with Crippen LogP contribution in [0.15, 0.2) is 36.4 Å². The number of benzene rings is 2. The first kappa shape index (κ1) is 15.3. The van der Waals surface area contributed by atoms with Crippen molar-refractivity contribution in [2.24, 2.45) is 5.73 Å². The molecule has 2 unspecified atom stereocenters. The molecule has 2 aromatic rings. The molecule has 0 spiro atoms. The van der Waals surface area contributed by atoms with Gasteiger partial charge in [-0.1, -0.05) is 18.2 Å². The van der Waals surface area contributed by atoms with Crippen LogP contribution in [0.2, 0.25) is 0 Å². The lowest BCUT2D eigenvalue weighted by Gasteiger charge is -2.38. The predicted octanol–water partition coefficient (Wildman–Crippen LogP) is 3.35. The van der Waals surface area contributed by atoms with Gasteiger partial charge in [-0.2, -0.15) is 0 Å². The van der Waals surface area contributed by atoms with Gasteiger partial charge in [-0.25, -0.2) is 0 Å². The Morgan fingerprint density at radius 2 is 1.79 bits per heavy atom. The number of nitrogens with zero attached hydrogens (tertiary/aromatic N) is 1. The summed E-state index contributed by atoms with van der Waals surface area (Å²) in [5.41, 5.74) is 11.6. The second-order valence-electron chi connectivity index (χ2n) is 6.98. The van der Waals surface area contributed by atoms with Crippen LogP contribution < -0.4 is 20.1 Å². The Labute approximate surface area is 143 Å². The zero-order valence-electron chi connectivity index (χ0n) is 14.3. The number of anilines is 1. The van der Waals surface area contributed by atoms with Crippen LogP contribution in [0.4, 0.5) is 5.69 Å². The minimum atomic E-state index is 0.177. The molecule has 2 N–H and O–H groups in total. The first-order chi connectivity index (χ1) is 11.6. The van der Waals surface area contributed by atoms with Gasteiger partial charge in [0.05, 0.1) is 0 Å². The molecule has 4 nitrogen and oxygen atoms in total. The number of hydrogen-bond donors (Lipinski definition) is 1. The maximum Gasteiger partial charge on any atom is 0.231 e. The molecular formula is C20H24N2O2. The van der Waals surface area contributed by atoms with Crippen molar-refractivity contribution < 1.29 is 9.47 Å². The Morgan fingerprint density at radius 1 is 0.958 bits per heavy atom. The van der Waals surface area contributed by atoms with E-state index in [9.17, 15) is 0 Å². The molecule has 0 bridgehead atoms. The van der Waals surface area contributed by atoms with E-state index in [-0.39, 0.29) is 6.04 Å². The standard InChI is InChI=1S/C20H24N2O2/c1-13-3-4-15(7-14(13)2)16-8-17(21)11-22(10-16)18-5-6-19-20(9-18)24-12-23-19/h3-7,9,16-17H,8,10-12,21H2,1-2H3. The lowest BCUT2D eigenvalue weighted by molar-refractivity contribution is 0.174. The van der Waals surface area contributed by atoms with Gasteiger partial charge in [-0.3, -0.25) is 0 Å². The minimum absolute atomic E-state index is 0.177. The molecule has 126 valence electrons. The summed E-state index contributed by atoms with van der Waals surface area (Å²) in [6.07, 6.45) is 1.03. The summed E-state index contributed by atoms with van der Waals surface area (Å²) in [7, 11) is 0. The van der Waals surface area contributed by atoms with E-state index in [1.807, 2.05) is 6.07 Å². The van der Waals surface area contributed by atoms with E-state index in [0.29, 0.717) is 12.7 Å². The molecule has 2 atom stereocenters. The molecule has 2 aliphatic rings. The fraction of sp³-hybridized carbons (Fsp3) is 0.400. The molecular weight excluding hydrogens is 300 g/mol. The summed E-state index contributed by atoms with van der Waals surface area (Å²) in [5.74, 6) is 2.11. The maximum absolute atomic E-state index is 6.37. The number of rotatable bonds is 2. The third kappa shape index (κ3) is 2.82. The average molecular weight is 324 g/mol. The van der Waals surface area contributed by atoms with Crippen LogP contribution >= 0.6 is 0 Å². The van der Waals surface area contributed by atoms with Crippen LogP contribution in [0.3, 0.4) is 0 Å². The van der Waals surface area contributed by atoms with Crippen molar-refractivity contribution in [3.63, 3.8) is 0 Å². The highest BCUT2D eigenvalue weighted by atomic mass is 16.7. The predicted molar refractivity (Wildman–Crippen MR) is 96.0 cm³/mol. The largest absolute Gasteiger partial charge is 0.454 e. The van der Waals surface area contributed by atoms with Crippen molar-refractivity contribution >= 4 is 5.69 Å². The average Bonchev–Trinajstić information content (AvgIpc) is 3.04. The van der Waals surface area contributed by atoms with Crippen LogP contribution in [0, 0.1) is 13.8 Å². The summed E-state index contributed by atoms with van der Waals surface area (Å²) in [5, 5.41) is 0. The number of ether oxygens (including phenoxy) is 2. The highest BCUT2D eigenvalue weighted by Gasteiger charge is 2.27. The van der Waals surface area contributed by atoms with Crippen molar-refractivity contribution in [3.05, 3.63) is 53.1 Å². The molecule has 0 radical (unpaired) electrons. The molecule has 0 aromatic heterocycles. The summed E-state index contributed by atoms with van der Waals surface area (Å²) < 4.78 is 10.9. The van der Waals surface area contributed by atoms with Gasteiger partial charge in [-0.05, 0) is 49.1 Å². The van der Waals surface area contributed by atoms with Crippen molar-refractivity contribution in [1.29, 1.82) is 0 Å². The smallest absolute Gasteiger partial charge is 0.231 e. The van der Waals surface area contributed by atoms with Crippen LogP contribution in [0.1, 0.15) is 29.0 Å². The van der Waals surface area contributed by atoms with E-state index in [4.69, 9.17) is 15.2 Å². The minimum Gasteiger partial charge on any atom is -0.454 e. The highest BCUT2D eigenvalue weighted by Crippen LogP contribution is 2.37. The second-order valence-corrected chi connectivity index (χ2v) is 6.98. The Kier molecular flexibility index (Phi) is 3.85. The first-order valence-corrected chi connectivity index (χ1v) is 8.57. The monoisotopic (exact) mass is 324 g/mol. The van der Waals surface area contributed by atoms with E-state index in [1.54, 1.807) is 0 Å². The number of aryl methyl sites for hydroxylation is 2. The van der Waals surface area contributed by atoms with Crippen molar-refractivity contribution in [1.82, 2.24) is 0 Å². The van der Waals surface area contributed by atoms with Crippen LogP contribution in [0.25, 0.3) is 0 Å². The van der Waals surface area contributed by atoms with Gasteiger partial charge in [-0.15, -0.1) is 0 Å². The highest BCUT2D eigenvalue weighted by molar-refractivity contribution is 5.58. The molecule has 24 heavy (non-hydrogen) atoms. The fourth-order valence-electron chi connectivity index (χ4n) is 3.69. The topological polar surface area (TPSA) is 47.7 Å². The fourth-order valence-corrected chi connectivity index (χ4v) is 3.69. The maximum atomic E-state index is 6.37. The zero-order chi connectivity index (χ0) is 16.7. The van der Waals surface area contributed by atoms with Gasteiger partial charge < -0.3 is 20.1 Å². The molecule has 1 saturated heterocycles. The normalized spacial score (nSPS) is 22.7. The van der Waals surface area contributed by atoms with Crippen LogP contribution in [-0.2, 0) is 0 Å². The summed E-state index contributed by atoms with van der Waals surface area (Å²) in [6.45, 7) is 6.50. The van der Waals surface area contributed by atoms with Crippen LogP contribution in [0.5, 0.6) is 11.5 Å². The lowest BCUT2D eigenvalue weighted by Crippen LogP contribution is -2.46. The van der Waals surface area contributed by atoms with Crippen molar-refractivity contribution in [2.45, 2.75) is 32.2 Å². The zero-order valence-corrected chi connectivity index (χ0v) is 14.3. The molecule has 2 heterocycles. The van der Waals surface area contributed by atoms with Gasteiger partial charge in [0.15, 0.2) is 11.5 Å². The molecule has 1 fully saturated rings. The number of fused-ring (bicyclic) bond motifs is 1. The van der Waals surface area contributed by atoms with Crippen molar-refractivity contribution in [3.8, 4) is 11.5 Å². The molecule has 2 aromatic carbocycles. The Morgan fingerprint density at radius 3 is 2.62 bits per heavy atom. The third-order valence-electron chi connectivity index (χ3n) is 5.21. The van der Waals surface area contributed by atoms with E-state index < -0.39 is 0 Å². The van der Waals surface area contributed by atoms with E-state index in [0.717, 1.165) is 36.7 Å². The Bertz CT molecular complexity index is 759. The first-order valence-electron chi connectivity index (χ1n) is 8.57. The Hall–Kier alpha value is -2.20. The van der Waals surface area contributed by atoms with Gasteiger partial charge >= 0.3 is 0 Å². The lowest BCUT2D eigenvalue weighted by atomic mass is 9.87. The quantitative estimate of drug-likeness (QED) is 0.920. The summed E-state index contributed by atoms with van der Waals surface area (Å²) in [4.78, 5) is 2.37. The van der Waals surface area contributed by atoms with Gasteiger partial charge in [0.2, 0.25) is 6.79 Å². The SMILES string of the molecule is Cc1ccc(C2CC(N)CN(c3ccc4c(c3)OCO4)C2)cc1C. The number of hydrogen-bond acceptors (Lipinski definition) is 4.